The number of aromatic hydroxyl groups is 2. The molecule has 2 bridgehead atoms. The predicted molar refractivity (Wildman–Crippen MR) is 182 cm³/mol. The van der Waals surface area contributed by atoms with Crippen LogP contribution in [-0.2, 0) is 12.8 Å². The number of ether oxygens (including phenoxy) is 4. The number of carbonyl (C=O) groups is 1. The number of para-hydroxylation sites is 1. The first-order chi connectivity index (χ1) is 23.6. The van der Waals surface area contributed by atoms with Crippen LogP contribution in [0.4, 0.5) is 0 Å². The molecular weight excluding hydrogens is 628 g/mol. The van der Waals surface area contributed by atoms with E-state index in [9.17, 15) is 20.1 Å². The van der Waals surface area contributed by atoms with Crippen molar-refractivity contribution in [3.05, 3.63) is 75.5 Å². The van der Waals surface area contributed by atoms with E-state index < -0.39 is 36.3 Å². The SMILES string of the molecule is COc1c(C)c(OC)c2c(c1O)[C@@H]1[C@@H]3Cc4c(OC)c(C)c(OC)c(O)c4[C@H](CNC(=O)c4ccc5ccccc5n4)N3[C@@H](O)[C@H](C2)N1C. The molecule has 0 spiro atoms. The van der Waals surface area contributed by atoms with Gasteiger partial charge in [-0.3, -0.25) is 14.6 Å². The average Bonchev–Trinajstić information content (AvgIpc) is 3.09. The number of piperazine rings is 1. The first kappa shape index (κ1) is 32.8. The summed E-state index contributed by atoms with van der Waals surface area (Å²) in [5, 5.41) is 39.9. The van der Waals surface area contributed by atoms with E-state index in [0.29, 0.717) is 57.9 Å². The number of aliphatic hydroxyl groups is 1. The van der Waals surface area contributed by atoms with Gasteiger partial charge in [-0.05, 0) is 45.9 Å². The molecule has 0 aliphatic carbocycles. The highest BCUT2D eigenvalue weighted by atomic mass is 16.5. The Balaban J connectivity index is 1.39. The lowest BCUT2D eigenvalue weighted by molar-refractivity contribution is -0.171. The number of rotatable bonds is 7. The van der Waals surface area contributed by atoms with Gasteiger partial charge in [0.15, 0.2) is 23.0 Å². The molecule has 4 heterocycles. The summed E-state index contributed by atoms with van der Waals surface area (Å²) < 4.78 is 23.2. The van der Waals surface area contributed by atoms with Crippen LogP contribution < -0.4 is 24.3 Å². The largest absolute Gasteiger partial charge is 0.504 e. The molecule has 5 atom stereocenters. The van der Waals surface area contributed by atoms with Crippen molar-refractivity contribution in [2.45, 2.75) is 57.1 Å². The number of fused-ring (bicyclic) bond motifs is 8. The third-order valence-electron chi connectivity index (χ3n) is 10.8. The second-order valence-corrected chi connectivity index (χ2v) is 13.0. The van der Waals surface area contributed by atoms with Crippen LogP contribution in [0.15, 0.2) is 36.4 Å². The molecule has 1 aromatic heterocycles. The highest BCUT2D eigenvalue weighted by molar-refractivity contribution is 5.95. The summed E-state index contributed by atoms with van der Waals surface area (Å²) in [7, 11) is 8.12. The minimum absolute atomic E-state index is 0.0271. The van der Waals surface area contributed by atoms with Crippen LogP contribution in [-0.4, -0.2) is 96.4 Å². The smallest absolute Gasteiger partial charge is 0.269 e. The number of pyridine rings is 1. The van der Waals surface area contributed by atoms with E-state index in [-0.39, 0.29) is 29.5 Å². The Morgan fingerprint density at radius 3 is 2.04 bits per heavy atom. The average molecular weight is 671 g/mol. The summed E-state index contributed by atoms with van der Waals surface area (Å²) in [5.74, 6) is 1.33. The zero-order chi connectivity index (χ0) is 34.9. The Labute approximate surface area is 284 Å². The molecule has 258 valence electrons. The molecule has 12 nitrogen and oxygen atoms in total. The number of benzene rings is 3. The predicted octanol–water partition coefficient (Wildman–Crippen LogP) is 3.92. The number of amides is 1. The first-order valence-corrected chi connectivity index (χ1v) is 16.3. The molecule has 0 saturated carbocycles. The quantitative estimate of drug-likeness (QED) is 0.227. The molecule has 12 heteroatoms. The summed E-state index contributed by atoms with van der Waals surface area (Å²) in [6.07, 6.45) is -0.294. The van der Waals surface area contributed by atoms with E-state index in [2.05, 4.69) is 15.2 Å². The number of aliphatic hydroxyl groups excluding tert-OH is 1. The number of likely N-dealkylation sites (N-methyl/N-ethyl adjacent to an activating group) is 1. The monoisotopic (exact) mass is 670 g/mol. The van der Waals surface area contributed by atoms with Gasteiger partial charge >= 0.3 is 0 Å². The molecule has 3 aliphatic rings. The molecule has 3 aromatic carbocycles. The Morgan fingerprint density at radius 1 is 0.837 bits per heavy atom. The molecule has 1 amide bonds. The zero-order valence-corrected chi connectivity index (χ0v) is 28.7. The maximum absolute atomic E-state index is 13.7. The summed E-state index contributed by atoms with van der Waals surface area (Å²) in [5.41, 5.74) is 4.99. The summed E-state index contributed by atoms with van der Waals surface area (Å²) >= 11 is 0. The molecule has 4 N–H and O–H groups in total. The third-order valence-corrected chi connectivity index (χ3v) is 10.8. The van der Waals surface area contributed by atoms with E-state index >= 15 is 0 Å². The van der Waals surface area contributed by atoms with Gasteiger partial charge in [-0.1, -0.05) is 24.3 Å². The fraction of sp³-hybridized carbons (Fsp3) is 0.405. The third kappa shape index (κ3) is 4.76. The van der Waals surface area contributed by atoms with Crippen LogP contribution in [0.25, 0.3) is 10.9 Å². The topological polar surface area (TPSA) is 146 Å². The molecule has 0 radical (unpaired) electrons. The van der Waals surface area contributed by atoms with Crippen molar-refractivity contribution in [3.63, 3.8) is 0 Å². The number of nitrogens with zero attached hydrogens (tertiary/aromatic N) is 3. The Kier molecular flexibility index (Phi) is 8.21. The maximum Gasteiger partial charge on any atom is 0.269 e. The van der Waals surface area contributed by atoms with Gasteiger partial charge in [0.1, 0.15) is 23.4 Å². The number of phenolic OH excluding ortho intramolecular Hbond substituents is 2. The van der Waals surface area contributed by atoms with Crippen LogP contribution in [0.5, 0.6) is 34.5 Å². The summed E-state index contributed by atoms with van der Waals surface area (Å²) in [6.45, 7) is 3.70. The molecule has 4 aromatic rings. The minimum atomic E-state index is -1.03. The number of aromatic nitrogens is 1. The standard InChI is InChI=1S/C37H42N4O8/c1-17-32(46-4)20-14-24-29-28-21(33(47-5)18(2)35(49-7)31(28)43)15-25(40(29)3)37(45)41(24)26(27(20)30(42)34(17)48-6)16-38-36(44)23-13-12-19-10-8-9-11-22(19)39-23/h8-13,24-26,29,37,42-43,45H,14-16H2,1-7H3,(H,38,44)/t24-,25-,26-,29-,37-/m0/s1. The van der Waals surface area contributed by atoms with Crippen molar-refractivity contribution >= 4 is 16.8 Å². The van der Waals surface area contributed by atoms with E-state index in [1.54, 1.807) is 20.3 Å². The number of carbonyl (C=O) groups excluding carboxylic acids is 1. The van der Waals surface area contributed by atoms with E-state index in [0.717, 1.165) is 16.5 Å². The molecule has 0 unspecified atom stereocenters. The molecule has 1 saturated heterocycles. The van der Waals surface area contributed by atoms with Gasteiger partial charge in [0.2, 0.25) is 0 Å². The fourth-order valence-electron chi connectivity index (χ4n) is 8.70. The highest BCUT2D eigenvalue weighted by Crippen LogP contribution is 2.58. The minimum Gasteiger partial charge on any atom is -0.504 e. The Bertz CT molecular complexity index is 1980. The maximum atomic E-state index is 13.7. The van der Waals surface area contributed by atoms with Gasteiger partial charge in [-0.2, -0.15) is 0 Å². The Hall–Kier alpha value is -4.78. The highest BCUT2D eigenvalue weighted by Gasteiger charge is 2.56. The van der Waals surface area contributed by atoms with Crippen LogP contribution in [0.2, 0.25) is 0 Å². The van der Waals surface area contributed by atoms with Gasteiger partial charge in [0.25, 0.3) is 5.91 Å². The number of methoxy groups -OCH3 is 4. The fourth-order valence-corrected chi connectivity index (χ4v) is 8.70. The van der Waals surface area contributed by atoms with Crippen molar-refractivity contribution in [3.8, 4) is 34.5 Å². The van der Waals surface area contributed by atoms with Gasteiger partial charge in [-0.15, -0.1) is 0 Å². The molecule has 3 aliphatic heterocycles. The van der Waals surface area contributed by atoms with E-state index in [1.807, 2.05) is 56.1 Å². The summed E-state index contributed by atoms with van der Waals surface area (Å²) in [4.78, 5) is 22.3. The van der Waals surface area contributed by atoms with E-state index in [4.69, 9.17) is 18.9 Å². The van der Waals surface area contributed by atoms with E-state index in [1.165, 1.54) is 14.2 Å². The number of nitrogens with one attached hydrogen (secondary N) is 1. The number of hydrogen-bond donors (Lipinski definition) is 4. The number of phenols is 2. The first-order valence-electron chi connectivity index (χ1n) is 16.3. The number of hydrogen-bond acceptors (Lipinski definition) is 11. The molecule has 1 fully saturated rings. The lowest BCUT2D eigenvalue weighted by atomic mass is 9.73. The van der Waals surface area contributed by atoms with Crippen LogP contribution in [0.3, 0.4) is 0 Å². The second-order valence-electron chi connectivity index (χ2n) is 13.0. The normalized spacial score (nSPS) is 22.9. The lowest BCUT2D eigenvalue weighted by Crippen LogP contribution is -2.69. The molecule has 49 heavy (non-hydrogen) atoms. The van der Waals surface area contributed by atoms with Crippen molar-refractivity contribution in [1.29, 1.82) is 0 Å². The van der Waals surface area contributed by atoms with Gasteiger partial charge in [0.05, 0.1) is 52.1 Å². The van der Waals surface area contributed by atoms with Crippen molar-refractivity contribution in [2.75, 3.05) is 42.0 Å². The van der Waals surface area contributed by atoms with Crippen LogP contribution in [0, 0.1) is 13.8 Å². The zero-order valence-electron chi connectivity index (χ0n) is 28.7. The van der Waals surface area contributed by atoms with Crippen molar-refractivity contribution < 1.29 is 39.1 Å². The lowest BCUT2D eigenvalue weighted by Gasteiger charge is -2.60. The van der Waals surface area contributed by atoms with Gasteiger partial charge < -0.3 is 39.6 Å². The van der Waals surface area contributed by atoms with Crippen LogP contribution >= 0.6 is 0 Å². The summed E-state index contributed by atoms with van der Waals surface area (Å²) in [6, 6.07) is 9.12. The van der Waals surface area contributed by atoms with Gasteiger partial charge in [0, 0.05) is 51.4 Å². The molecule has 7 rings (SSSR count). The van der Waals surface area contributed by atoms with Crippen LogP contribution in [0.1, 0.15) is 56.0 Å². The second kappa shape index (κ2) is 12.3. The van der Waals surface area contributed by atoms with Crippen molar-refractivity contribution in [2.24, 2.45) is 0 Å². The molecular formula is C37H42N4O8. The Morgan fingerprint density at radius 2 is 1.41 bits per heavy atom. The van der Waals surface area contributed by atoms with Gasteiger partial charge in [-0.25, -0.2) is 4.98 Å². The van der Waals surface area contributed by atoms with Crippen molar-refractivity contribution in [1.82, 2.24) is 20.1 Å².